The number of fused-ring (bicyclic) bond motifs is 2. The highest BCUT2D eigenvalue weighted by atomic mass is 19.1. The molecule has 0 aromatic heterocycles. The van der Waals surface area contributed by atoms with Crippen LogP contribution in [0.5, 0.6) is 0 Å². The number of piperidine rings is 4. The maximum absolute atomic E-state index is 13.5. The van der Waals surface area contributed by atoms with Crippen molar-refractivity contribution in [2.45, 2.75) is 50.6 Å². The van der Waals surface area contributed by atoms with Gasteiger partial charge in [-0.2, -0.15) is 0 Å². The molecule has 4 heterocycles. The first-order valence-corrected chi connectivity index (χ1v) is 10.2. The van der Waals surface area contributed by atoms with Crippen LogP contribution >= 0.6 is 0 Å². The van der Waals surface area contributed by atoms with Crippen molar-refractivity contribution in [3.63, 3.8) is 0 Å². The number of rotatable bonds is 1. The lowest BCUT2D eigenvalue weighted by Crippen LogP contribution is -2.66. The third-order valence-corrected chi connectivity index (χ3v) is 7.11. The lowest BCUT2D eigenvalue weighted by molar-refractivity contribution is -0.145. The van der Waals surface area contributed by atoms with Crippen molar-refractivity contribution in [2.75, 3.05) is 19.6 Å². The summed E-state index contributed by atoms with van der Waals surface area (Å²) in [6.07, 6.45) is 8.87. The first-order valence-electron chi connectivity index (χ1n) is 10.2. The highest BCUT2D eigenvalue weighted by Gasteiger charge is 2.51. The van der Waals surface area contributed by atoms with Gasteiger partial charge in [-0.15, -0.1) is 0 Å². The zero-order valence-electron chi connectivity index (χ0n) is 15.2. The molecule has 4 aliphatic heterocycles. The molecule has 4 saturated heterocycles. The molecular weight excluding hydrogens is 327 g/mol. The smallest absolute Gasteiger partial charge is 0.250 e. The average molecular weight is 354 g/mol. The molecule has 0 bridgehead atoms. The predicted molar refractivity (Wildman–Crippen MR) is 99.9 cm³/mol. The predicted octanol–water partition coefficient (Wildman–Crippen LogP) is 3.70. The molecule has 138 valence electrons. The summed E-state index contributed by atoms with van der Waals surface area (Å²) in [6, 6.07) is 7.67. The molecule has 1 amide bonds. The molecule has 4 atom stereocenters. The Labute approximate surface area is 154 Å². The average Bonchev–Trinajstić information content (AvgIpc) is 2.65. The normalized spacial score (nSPS) is 36.0. The third kappa shape index (κ3) is 2.70. The van der Waals surface area contributed by atoms with Crippen LogP contribution in [0, 0.1) is 17.7 Å². The minimum absolute atomic E-state index is 0.201. The van der Waals surface area contributed by atoms with E-state index in [1.165, 1.54) is 50.9 Å². The van der Waals surface area contributed by atoms with Gasteiger partial charge in [0.25, 0.3) is 0 Å². The molecule has 3 nitrogen and oxygen atoms in total. The van der Waals surface area contributed by atoms with E-state index >= 15 is 0 Å². The number of carbonyl (C=O) groups excluding carboxylic acids is 1. The van der Waals surface area contributed by atoms with Crippen molar-refractivity contribution in [1.29, 1.82) is 0 Å². The first-order chi connectivity index (χ1) is 12.7. The Morgan fingerprint density at radius 3 is 2.81 bits per heavy atom. The number of benzene rings is 1. The standard InChI is InChI=1S/C22H27FN2O/c23-18-6-1-4-15(13-18)12-16-8-9-20-19-7-3-11-24-10-2-5-17(21(19)24)14-25(20)22(16)26/h1,4,6,12-13,17,19-21H,2-3,5,7-11,14H2/b16-12+/t17-,19+,20+,21-/m0/s1. The van der Waals surface area contributed by atoms with Gasteiger partial charge in [0.15, 0.2) is 0 Å². The monoisotopic (exact) mass is 354 g/mol. The van der Waals surface area contributed by atoms with Gasteiger partial charge in [0.1, 0.15) is 5.82 Å². The number of amides is 1. The van der Waals surface area contributed by atoms with E-state index in [2.05, 4.69) is 9.80 Å². The Kier molecular flexibility index (Phi) is 4.11. The van der Waals surface area contributed by atoms with Gasteiger partial charge in [0.05, 0.1) is 0 Å². The van der Waals surface area contributed by atoms with Crippen LogP contribution in [0.2, 0.25) is 0 Å². The zero-order valence-corrected chi connectivity index (χ0v) is 15.2. The number of hydrogen-bond donors (Lipinski definition) is 0. The van der Waals surface area contributed by atoms with Crippen molar-refractivity contribution in [2.24, 2.45) is 11.8 Å². The lowest BCUT2D eigenvalue weighted by atomic mass is 9.67. The maximum atomic E-state index is 13.5. The number of carbonyl (C=O) groups is 1. The van der Waals surface area contributed by atoms with Gasteiger partial charge in [0, 0.05) is 24.2 Å². The zero-order chi connectivity index (χ0) is 17.7. The van der Waals surface area contributed by atoms with Crippen molar-refractivity contribution in [3.8, 4) is 0 Å². The van der Waals surface area contributed by atoms with Gasteiger partial charge < -0.3 is 4.90 Å². The van der Waals surface area contributed by atoms with Crippen molar-refractivity contribution < 1.29 is 9.18 Å². The second kappa shape index (κ2) is 6.49. The topological polar surface area (TPSA) is 23.6 Å². The van der Waals surface area contributed by atoms with Crippen LogP contribution in [-0.4, -0.2) is 47.4 Å². The van der Waals surface area contributed by atoms with Crippen molar-refractivity contribution in [1.82, 2.24) is 9.80 Å². The van der Waals surface area contributed by atoms with Gasteiger partial charge in [-0.1, -0.05) is 12.1 Å². The fraction of sp³-hybridized carbons (Fsp3) is 0.591. The van der Waals surface area contributed by atoms with Crippen LogP contribution < -0.4 is 0 Å². The maximum Gasteiger partial charge on any atom is 0.250 e. The van der Waals surface area contributed by atoms with Gasteiger partial charge in [0.2, 0.25) is 5.91 Å². The largest absolute Gasteiger partial charge is 0.335 e. The molecule has 4 heteroatoms. The summed E-state index contributed by atoms with van der Waals surface area (Å²) in [4.78, 5) is 18.1. The van der Waals surface area contributed by atoms with Crippen LogP contribution in [0.3, 0.4) is 0 Å². The molecule has 26 heavy (non-hydrogen) atoms. The minimum Gasteiger partial charge on any atom is -0.335 e. The van der Waals surface area contributed by atoms with Gasteiger partial charge in [-0.25, -0.2) is 4.39 Å². The van der Waals surface area contributed by atoms with Gasteiger partial charge in [-0.05, 0) is 87.2 Å². The molecular formula is C22H27FN2O. The number of nitrogens with zero attached hydrogens (tertiary/aromatic N) is 2. The molecule has 1 aromatic carbocycles. The highest BCUT2D eigenvalue weighted by Crippen LogP contribution is 2.45. The Balaban J connectivity index is 1.42. The fourth-order valence-electron chi connectivity index (χ4n) is 6.12. The molecule has 0 unspecified atom stereocenters. The summed E-state index contributed by atoms with van der Waals surface area (Å²) < 4.78 is 13.5. The molecule has 1 aromatic rings. The van der Waals surface area contributed by atoms with Crippen LogP contribution in [0.1, 0.15) is 44.1 Å². The summed E-state index contributed by atoms with van der Waals surface area (Å²) in [5.74, 6) is 1.25. The molecule has 0 aliphatic carbocycles. The number of halogens is 1. The quantitative estimate of drug-likeness (QED) is 0.718. The Morgan fingerprint density at radius 2 is 1.96 bits per heavy atom. The van der Waals surface area contributed by atoms with Crippen LogP contribution in [0.25, 0.3) is 6.08 Å². The third-order valence-electron chi connectivity index (χ3n) is 7.11. The molecule has 4 aliphatic rings. The van der Waals surface area contributed by atoms with Crippen LogP contribution in [0.4, 0.5) is 4.39 Å². The summed E-state index contributed by atoms with van der Waals surface area (Å²) in [6.45, 7) is 3.42. The second-order valence-electron chi connectivity index (χ2n) is 8.52. The Morgan fingerprint density at radius 1 is 1.12 bits per heavy atom. The first kappa shape index (κ1) is 16.5. The molecule has 0 N–H and O–H groups in total. The van der Waals surface area contributed by atoms with E-state index in [1.54, 1.807) is 6.07 Å². The van der Waals surface area contributed by atoms with E-state index in [-0.39, 0.29) is 11.7 Å². The second-order valence-corrected chi connectivity index (χ2v) is 8.52. The Bertz CT molecular complexity index is 743. The minimum atomic E-state index is -0.245. The van der Waals surface area contributed by atoms with E-state index in [9.17, 15) is 9.18 Å². The highest BCUT2D eigenvalue weighted by molar-refractivity contribution is 5.98. The summed E-state index contributed by atoms with van der Waals surface area (Å²) in [5, 5.41) is 0. The molecule has 0 spiro atoms. The van der Waals surface area contributed by atoms with Crippen molar-refractivity contribution >= 4 is 12.0 Å². The summed E-state index contributed by atoms with van der Waals surface area (Å²) >= 11 is 0. The Hall–Kier alpha value is -1.68. The molecule has 4 fully saturated rings. The van der Waals surface area contributed by atoms with Gasteiger partial charge >= 0.3 is 0 Å². The fourth-order valence-corrected chi connectivity index (χ4v) is 6.12. The van der Waals surface area contributed by atoms with Crippen LogP contribution in [-0.2, 0) is 4.79 Å². The molecule has 5 rings (SSSR count). The molecule has 0 radical (unpaired) electrons. The van der Waals surface area contributed by atoms with E-state index in [0.717, 1.165) is 30.5 Å². The summed E-state index contributed by atoms with van der Waals surface area (Å²) in [7, 11) is 0. The lowest BCUT2D eigenvalue weighted by Gasteiger charge is -2.58. The SMILES string of the molecule is O=C1/C(=C/c2cccc(F)c2)CC[C@@H]2[C@H]3CCCN4CCC[C@@H](CN12)[C@@H]34. The van der Waals surface area contributed by atoms with Gasteiger partial charge in [-0.3, -0.25) is 9.69 Å². The van der Waals surface area contributed by atoms with E-state index in [4.69, 9.17) is 0 Å². The van der Waals surface area contributed by atoms with E-state index in [0.29, 0.717) is 23.9 Å². The van der Waals surface area contributed by atoms with E-state index in [1.807, 2.05) is 12.1 Å². The van der Waals surface area contributed by atoms with Crippen LogP contribution in [0.15, 0.2) is 29.8 Å². The van der Waals surface area contributed by atoms with Crippen molar-refractivity contribution in [3.05, 3.63) is 41.2 Å². The molecule has 0 saturated carbocycles. The number of hydrogen-bond acceptors (Lipinski definition) is 2. The summed E-state index contributed by atoms with van der Waals surface area (Å²) in [5.41, 5.74) is 1.65. The van der Waals surface area contributed by atoms with E-state index < -0.39 is 0 Å².